The molecule has 0 fully saturated rings. The summed E-state index contributed by atoms with van der Waals surface area (Å²) in [6.45, 7) is 2.13. The van der Waals surface area contributed by atoms with E-state index in [2.05, 4.69) is 10.6 Å². The van der Waals surface area contributed by atoms with Gasteiger partial charge in [-0.3, -0.25) is 4.79 Å². The number of nitrogens with one attached hydrogen (secondary N) is 2. The van der Waals surface area contributed by atoms with Gasteiger partial charge in [0.25, 0.3) is 0 Å². The van der Waals surface area contributed by atoms with Gasteiger partial charge in [0, 0.05) is 17.6 Å². The molecule has 0 aromatic heterocycles. The van der Waals surface area contributed by atoms with Gasteiger partial charge in [-0.2, -0.15) is 0 Å². The third-order valence-corrected chi connectivity index (χ3v) is 4.20. The van der Waals surface area contributed by atoms with E-state index in [-0.39, 0.29) is 17.3 Å². The Hall–Kier alpha value is -2.34. The molecule has 0 aliphatic rings. The first-order valence-corrected chi connectivity index (χ1v) is 8.64. The molecular weight excluding hydrogens is 300 g/mol. The lowest BCUT2D eigenvalue weighted by Crippen LogP contribution is -2.21. The van der Waals surface area contributed by atoms with Crippen LogP contribution in [0, 0.1) is 6.92 Å². The Morgan fingerprint density at radius 2 is 1.50 bits per heavy atom. The van der Waals surface area contributed by atoms with Crippen LogP contribution in [0.4, 0.5) is 11.4 Å². The van der Waals surface area contributed by atoms with E-state index >= 15 is 0 Å². The summed E-state index contributed by atoms with van der Waals surface area (Å²) < 4.78 is 22.7. The maximum atomic E-state index is 11.8. The van der Waals surface area contributed by atoms with Gasteiger partial charge in [0.15, 0.2) is 9.84 Å². The lowest BCUT2D eigenvalue weighted by Gasteiger charge is -2.08. The van der Waals surface area contributed by atoms with E-state index < -0.39 is 9.84 Å². The topological polar surface area (TPSA) is 75.3 Å². The molecule has 0 heterocycles. The van der Waals surface area contributed by atoms with E-state index in [9.17, 15) is 13.2 Å². The van der Waals surface area contributed by atoms with Crippen LogP contribution in [0.1, 0.15) is 5.56 Å². The zero-order chi connectivity index (χ0) is 16.2. The molecular formula is C16H18N2O3S. The van der Waals surface area contributed by atoms with Crippen LogP contribution in [0.25, 0.3) is 0 Å². The molecule has 22 heavy (non-hydrogen) atoms. The van der Waals surface area contributed by atoms with Crippen molar-refractivity contribution in [2.75, 3.05) is 23.4 Å². The molecule has 116 valence electrons. The van der Waals surface area contributed by atoms with Crippen LogP contribution in [0.3, 0.4) is 0 Å². The minimum absolute atomic E-state index is 0.136. The zero-order valence-corrected chi connectivity index (χ0v) is 13.3. The number of benzene rings is 2. The molecule has 0 radical (unpaired) electrons. The number of carbonyl (C=O) groups excluding carboxylic acids is 1. The Morgan fingerprint density at radius 3 is 2.05 bits per heavy atom. The Labute approximate surface area is 130 Å². The number of hydrogen-bond donors (Lipinski definition) is 2. The molecule has 2 N–H and O–H groups in total. The lowest BCUT2D eigenvalue weighted by atomic mass is 10.2. The second-order valence-electron chi connectivity index (χ2n) is 5.06. The highest BCUT2D eigenvalue weighted by atomic mass is 32.2. The van der Waals surface area contributed by atoms with Gasteiger partial charge in [0.05, 0.1) is 11.4 Å². The summed E-state index contributed by atoms with van der Waals surface area (Å²) in [4.78, 5) is 12.1. The first kappa shape index (κ1) is 16.0. The Balaban J connectivity index is 1.90. The number of sulfone groups is 1. The summed E-state index contributed by atoms with van der Waals surface area (Å²) in [6, 6.07) is 13.8. The predicted molar refractivity (Wildman–Crippen MR) is 87.9 cm³/mol. The summed E-state index contributed by atoms with van der Waals surface area (Å²) in [5.74, 6) is -0.201. The van der Waals surface area contributed by atoms with Gasteiger partial charge >= 0.3 is 0 Å². The van der Waals surface area contributed by atoms with Crippen molar-refractivity contribution in [3.8, 4) is 0 Å². The highest BCUT2D eigenvalue weighted by Crippen LogP contribution is 2.14. The van der Waals surface area contributed by atoms with E-state index in [0.717, 1.165) is 17.5 Å². The van der Waals surface area contributed by atoms with Gasteiger partial charge in [-0.05, 0) is 43.3 Å². The summed E-state index contributed by atoms with van der Waals surface area (Å²) in [5, 5.41) is 5.73. The first-order valence-electron chi connectivity index (χ1n) is 6.75. The number of anilines is 2. The largest absolute Gasteiger partial charge is 0.376 e. The minimum atomic E-state index is -3.22. The number of hydrogen-bond acceptors (Lipinski definition) is 4. The maximum absolute atomic E-state index is 11.8. The Morgan fingerprint density at radius 1 is 0.955 bits per heavy atom. The maximum Gasteiger partial charge on any atom is 0.243 e. The van der Waals surface area contributed by atoms with Crippen molar-refractivity contribution in [3.05, 3.63) is 54.1 Å². The van der Waals surface area contributed by atoms with Gasteiger partial charge < -0.3 is 10.6 Å². The fourth-order valence-electron chi connectivity index (χ4n) is 1.84. The van der Waals surface area contributed by atoms with E-state index in [1.54, 1.807) is 12.1 Å². The average molecular weight is 318 g/mol. The smallest absolute Gasteiger partial charge is 0.243 e. The van der Waals surface area contributed by atoms with Gasteiger partial charge in [-0.1, -0.05) is 17.7 Å². The standard InChI is InChI=1S/C16H18N2O3S/c1-12-3-5-13(6-4-12)17-11-16(19)18-14-7-9-15(10-8-14)22(2,20)21/h3-10,17H,11H2,1-2H3,(H,18,19). The molecule has 0 saturated carbocycles. The van der Waals surface area contributed by atoms with Crippen molar-refractivity contribution in [2.24, 2.45) is 0 Å². The number of amides is 1. The summed E-state index contributed by atoms with van der Waals surface area (Å²) in [7, 11) is -3.22. The molecule has 0 atom stereocenters. The predicted octanol–water partition coefficient (Wildman–Crippen LogP) is 2.45. The number of rotatable bonds is 5. The van der Waals surface area contributed by atoms with Crippen LogP contribution in [-0.4, -0.2) is 27.1 Å². The summed E-state index contributed by atoms with van der Waals surface area (Å²) in [6.07, 6.45) is 1.14. The van der Waals surface area contributed by atoms with Gasteiger partial charge in [0.2, 0.25) is 5.91 Å². The van der Waals surface area contributed by atoms with Crippen molar-refractivity contribution in [3.63, 3.8) is 0 Å². The summed E-state index contributed by atoms with van der Waals surface area (Å²) >= 11 is 0. The van der Waals surface area contributed by atoms with Crippen LogP contribution in [0.5, 0.6) is 0 Å². The fraction of sp³-hybridized carbons (Fsp3) is 0.188. The van der Waals surface area contributed by atoms with Crippen LogP contribution in [0.2, 0.25) is 0 Å². The first-order chi connectivity index (χ1) is 10.3. The van der Waals surface area contributed by atoms with Crippen molar-refractivity contribution in [2.45, 2.75) is 11.8 Å². The van der Waals surface area contributed by atoms with Gasteiger partial charge in [-0.15, -0.1) is 0 Å². The van der Waals surface area contributed by atoms with Crippen LogP contribution in [0.15, 0.2) is 53.4 Å². The van der Waals surface area contributed by atoms with Crippen molar-refractivity contribution < 1.29 is 13.2 Å². The third-order valence-electron chi connectivity index (χ3n) is 3.07. The van der Waals surface area contributed by atoms with Crippen LogP contribution >= 0.6 is 0 Å². The lowest BCUT2D eigenvalue weighted by molar-refractivity contribution is -0.114. The third kappa shape index (κ3) is 4.60. The molecule has 2 aromatic rings. The molecule has 0 unspecified atom stereocenters. The van der Waals surface area contributed by atoms with Crippen LogP contribution < -0.4 is 10.6 Å². The van der Waals surface area contributed by atoms with E-state index in [4.69, 9.17) is 0 Å². The molecule has 5 nitrogen and oxygen atoms in total. The Kier molecular flexibility index (Phi) is 4.82. The van der Waals surface area contributed by atoms with Crippen LogP contribution in [-0.2, 0) is 14.6 Å². The molecule has 6 heteroatoms. The van der Waals surface area contributed by atoms with Crippen molar-refractivity contribution in [1.82, 2.24) is 0 Å². The monoisotopic (exact) mass is 318 g/mol. The van der Waals surface area contributed by atoms with Gasteiger partial charge in [0.1, 0.15) is 0 Å². The summed E-state index contributed by atoms with van der Waals surface area (Å²) in [5.41, 5.74) is 2.58. The van der Waals surface area contributed by atoms with Crippen molar-refractivity contribution >= 4 is 27.1 Å². The number of aryl methyl sites for hydroxylation is 1. The minimum Gasteiger partial charge on any atom is -0.376 e. The average Bonchev–Trinajstić information content (AvgIpc) is 2.46. The zero-order valence-electron chi connectivity index (χ0n) is 12.5. The quantitative estimate of drug-likeness (QED) is 0.888. The SMILES string of the molecule is Cc1ccc(NCC(=O)Nc2ccc(S(C)(=O)=O)cc2)cc1. The second-order valence-corrected chi connectivity index (χ2v) is 7.08. The molecule has 2 aromatic carbocycles. The Bertz CT molecular complexity index is 751. The highest BCUT2D eigenvalue weighted by Gasteiger charge is 2.07. The van der Waals surface area contributed by atoms with E-state index in [0.29, 0.717) is 5.69 Å². The molecule has 0 aliphatic carbocycles. The molecule has 2 rings (SSSR count). The molecule has 0 spiro atoms. The molecule has 0 saturated heterocycles. The second kappa shape index (κ2) is 6.62. The highest BCUT2D eigenvalue weighted by molar-refractivity contribution is 7.90. The fourth-order valence-corrected chi connectivity index (χ4v) is 2.47. The normalized spacial score (nSPS) is 11.0. The van der Waals surface area contributed by atoms with Gasteiger partial charge in [-0.25, -0.2) is 8.42 Å². The molecule has 1 amide bonds. The van der Waals surface area contributed by atoms with E-state index in [1.165, 1.54) is 12.1 Å². The van der Waals surface area contributed by atoms with Crippen molar-refractivity contribution in [1.29, 1.82) is 0 Å². The molecule has 0 aliphatic heterocycles. The molecule has 0 bridgehead atoms. The van der Waals surface area contributed by atoms with E-state index in [1.807, 2.05) is 31.2 Å². The number of carbonyl (C=O) groups is 1.